The number of fused-ring (bicyclic) bond motifs is 1. The second-order valence-corrected chi connectivity index (χ2v) is 5.57. The second-order valence-electron chi connectivity index (χ2n) is 5.10. The molecule has 0 radical (unpaired) electrons. The van der Waals surface area contributed by atoms with Gasteiger partial charge in [0.05, 0.1) is 16.4 Å². The van der Waals surface area contributed by atoms with Crippen LogP contribution in [0, 0.1) is 6.92 Å². The van der Waals surface area contributed by atoms with Gasteiger partial charge in [0.25, 0.3) is 0 Å². The van der Waals surface area contributed by atoms with E-state index in [-0.39, 0.29) is 5.92 Å². The van der Waals surface area contributed by atoms with E-state index in [1.54, 1.807) is 0 Å². The third kappa shape index (κ3) is 2.12. The minimum atomic E-state index is 0.0363. The van der Waals surface area contributed by atoms with E-state index < -0.39 is 0 Å². The monoisotopic (exact) mass is 261 g/mol. The summed E-state index contributed by atoms with van der Waals surface area (Å²) in [6.45, 7) is 8.40. The Bertz CT molecular complexity index is 598. The molecule has 0 aliphatic heterocycles. The summed E-state index contributed by atoms with van der Waals surface area (Å²) in [5.41, 5.74) is 10.2. The molecule has 96 valence electrons. The number of hydrogen-bond donors (Lipinski definition) is 1. The van der Waals surface area contributed by atoms with Crippen molar-refractivity contribution in [2.24, 2.45) is 5.73 Å². The number of rotatable bonds is 3. The lowest BCUT2D eigenvalue weighted by molar-refractivity contribution is 0.791. The first kappa shape index (κ1) is 13.0. The summed E-state index contributed by atoms with van der Waals surface area (Å²) in [4.78, 5) is 5.22. The molecule has 2 aromatic heterocycles. The topological polar surface area (TPSA) is 43.3 Å². The molecule has 4 heteroatoms. The summed E-state index contributed by atoms with van der Waals surface area (Å²) in [5, 5.41) is 0. The van der Waals surface area contributed by atoms with Gasteiger partial charge in [0.1, 0.15) is 5.65 Å². The first-order valence-electron chi connectivity index (χ1n) is 6.19. The van der Waals surface area contributed by atoms with Crippen LogP contribution in [0.15, 0.2) is 18.3 Å². The van der Waals surface area contributed by atoms with Crippen molar-refractivity contribution in [3.63, 3.8) is 0 Å². The largest absolute Gasteiger partial charge is 0.393 e. The van der Waals surface area contributed by atoms with Crippen molar-refractivity contribution in [3.8, 4) is 0 Å². The van der Waals surface area contributed by atoms with Crippen molar-refractivity contribution in [1.82, 2.24) is 9.38 Å². The Kier molecular flexibility index (Phi) is 3.39. The normalized spacial score (nSPS) is 13.2. The number of thiocarbonyl (C=S) groups is 1. The van der Waals surface area contributed by atoms with Crippen molar-refractivity contribution in [1.29, 1.82) is 0 Å². The predicted octanol–water partition coefficient (Wildman–Crippen LogP) is 3.16. The molecular weight excluding hydrogens is 242 g/mol. The van der Waals surface area contributed by atoms with E-state index in [0.717, 1.165) is 17.0 Å². The van der Waals surface area contributed by atoms with E-state index in [0.29, 0.717) is 10.9 Å². The van der Waals surface area contributed by atoms with Crippen LogP contribution in [0.3, 0.4) is 0 Å². The van der Waals surface area contributed by atoms with Gasteiger partial charge in [0.15, 0.2) is 0 Å². The number of aryl methyl sites for hydroxylation is 1. The Morgan fingerprint density at radius 1 is 1.33 bits per heavy atom. The summed E-state index contributed by atoms with van der Waals surface area (Å²) in [5.74, 6) is 0.395. The smallest absolute Gasteiger partial charge is 0.137 e. The highest BCUT2D eigenvalue weighted by Crippen LogP contribution is 2.27. The van der Waals surface area contributed by atoms with Crippen molar-refractivity contribution in [2.45, 2.75) is 39.5 Å². The predicted molar refractivity (Wildman–Crippen MR) is 79.2 cm³/mol. The third-order valence-corrected chi connectivity index (χ3v) is 3.57. The van der Waals surface area contributed by atoms with E-state index in [2.05, 4.69) is 37.4 Å². The molecule has 1 unspecified atom stereocenters. The Morgan fingerprint density at radius 2 is 2.00 bits per heavy atom. The van der Waals surface area contributed by atoms with Gasteiger partial charge < -0.3 is 10.1 Å². The second kappa shape index (κ2) is 4.69. The average molecular weight is 261 g/mol. The van der Waals surface area contributed by atoms with Gasteiger partial charge in [-0.05, 0) is 24.5 Å². The molecule has 2 heterocycles. The maximum atomic E-state index is 5.82. The van der Waals surface area contributed by atoms with Crippen LogP contribution in [0.4, 0.5) is 0 Å². The van der Waals surface area contributed by atoms with Crippen LogP contribution in [0.2, 0.25) is 0 Å². The molecule has 0 fully saturated rings. The van der Waals surface area contributed by atoms with E-state index >= 15 is 0 Å². The zero-order valence-corrected chi connectivity index (χ0v) is 12.1. The minimum absolute atomic E-state index is 0.0363. The molecule has 0 aliphatic carbocycles. The molecule has 0 bridgehead atoms. The van der Waals surface area contributed by atoms with Gasteiger partial charge in [0.2, 0.25) is 0 Å². The van der Waals surface area contributed by atoms with Gasteiger partial charge in [-0.2, -0.15) is 0 Å². The Balaban J connectivity index is 2.76. The van der Waals surface area contributed by atoms with Crippen LogP contribution in [-0.2, 0) is 0 Å². The molecule has 2 rings (SSSR count). The van der Waals surface area contributed by atoms with Crippen molar-refractivity contribution in [2.75, 3.05) is 0 Å². The van der Waals surface area contributed by atoms with Crippen LogP contribution >= 0.6 is 12.2 Å². The molecule has 0 spiro atoms. The number of hydrogen-bond acceptors (Lipinski definition) is 2. The van der Waals surface area contributed by atoms with Crippen molar-refractivity contribution < 1.29 is 0 Å². The maximum Gasteiger partial charge on any atom is 0.137 e. The minimum Gasteiger partial charge on any atom is -0.393 e. The Hall–Kier alpha value is -1.42. The van der Waals surface area contributed by atoms with Crippen LogP contribution < -0.4 is 5.73 Å². The fourth-order valence-corrected chi connectivity index (χ4v) is 2.29. The van der Waals surface area contributed by atoms with Crippen molar-refractivity contribution >= 4 is 22.9 Å². The first-order valence-corrected chi connectivity index (χ1v) is 6.60. The molecule has 0 aromatic carbocycles. The summed E-state index contributed by atoms with van der Waals surface area (Å²) < 4.78 is 2.12. The molecule has 18 heavy (non-hydrogen) atoms. The van der Waals surface area contributed by atoms with E-state index in [9.17, 15) is 0 Å². The van der Waals surface area contributed by atoms with Crippen LogP contribution in [0.5, 0.6) is 0 Å². The van der Waals surface area contributed by atoms with Crippen LogP contribution in [0.25, 0.3) is 5.65 Å². The molecule has 0 saturated heterocycles. The highest BCUT2D eigenvalue weighted by molar-refractivity contribution is 7.80. The van der Waals surface area contributed by atoms with Crippen molar-refractivity contribution in [3.05, 3.63) is 35.3 Å². The van der Waals surface area contributed by atoms with Gasteiger partial charge >= 0.3 is 0 Å². The average Bonchev–Trinajstić information content (AvgIpc) is 2.66. The van der Waals surface area contributed by atoms with Gasteiger partial charge in [-0.15, -0.1) is 0 Å². The zero-order chi connectivity index (χ0) is 13.4. The number of aromatic nitrogens is 2. The molecule has 1 atom stereocenters. The van der Waals surface area contributed by atoms with E-state index in [1.165, 1.54) is 5.56 Å². The number of pyridine rings is 1. The lowest BCUT2D eigenvalue weighted by Crippen LogP contribution is -2.19. The van der Waals surface area contributed by atoms with Gasteiger partial charge in [-0.1, -0.05) is 39.1 Å². The summed E-state index contributed by atoms with van der Waals surface area (Å²) in [6.07, 6.45) is 2.10. The molecule has 2 aromatic rings. The molecule has 0 amide bonds. The molecular formula is C14H19N3S. The molecule has 0 saturated carbocycles. The highest BCUT2D eigenvalue weighted by atomic mass is 32.1. The maximum absolute atomic E-state index is 5.82. The Morgan fingerprint density at radius 3 is 2.56 bits per heavy atom. The lowest BCUT2D eigenvalue weighted by Gasteiger charge is -2.14. The van der Waals surface area contributed by atoms with Gasteiger partial charge in [-0.3, -0.25) is 0 Å². The molecule has 2 N–H and O–H groups in total. The molecule has 0 aliphatic rings. The standard InChI is InChI=1S/C14H19N3S/c1-8(2)12-13(10(4)14(15)18)17-7-9(3)5-6-11(17)16-12/h5-8,10H,1-4H3,(H2,15,18). The number of nitrogens with zero attached hydrogens (tertiary/aromatic N) is 2. The summed E-state index contributed by atoms with van der Waals surface area (Å²) in [7, 11) is 0. The lowest BCUT2D eigenvalue weighted by atomic mass is 10.00. The zero-order valence-electron chi connectivity index (χ0n) is 11.3. The van der Waals surface area contributed by atoms with Gasteiger partial charge in [0, 0.05) is 12.1 Å². The van der Waals surface area contributed by atoms with E-state index in [4.69, 9.17) is 22.9 Å². The highest BCUT2D eigenvalue weighted by Gasteiger charge is 2.21. The third-order valence-electron chi connectivity index (χ3n) is 3.22. The summed E-state index contributed by atoms with van der Waals surface area (Å²) >= 11 is 5.14. The van der Waals surface area contributed by atoms with Gasteiger partial charge in [-0.25, -0.2) is 4.98 Å². The Labute approximate surface area is 113 Å². The van der Waals surface area contributed by atoms with E-state index in [1.807, 2.05) is 13.0 Å². The number of nitrogens with two attached hydrogens (primary N) is 1. The van der Waals surface area contributed by atoms with Crippen LogP contribution in [0.1, 0.15) is 49.6 Å². The number of imidazole rings is 1. The fourth-order valence-electron chi connectivity index (χ4n) is 2.18. The SMILES string of the molecule is Cc1ccc2nc(C(C)C)c(C(C)C(N)=S)n2c1. The molecule has 3 nitrogen and oxygen atoms in total. The first-order chi connectivity index (χ1) is 8.41. The summed E-state index contributed by atoms with van der Waals surface area (Å²) in [6, 6.07) is 4.11. The quantitative estimate of drug-likeness (QED) is 0.863. The van der Waals surface area contributed by atoms with Crippen LogP contribution in [-0.4, -0.2) is 14.4 Å². The fraction of sp³-hybridized carbons (Fsp3) is 0.429.